The molecule has 3 aromatic rings. The number of benzene rings is 1. The number of aromatic nitrogens is 3. The zero-order valence-electron chi connectivity index (χ0n) is 15.9. The van der Waals surface area contributed by atoms with Gasteiger partial charge in [-0.1, -0.05) is 44.2 Å². The quantitative estimate of drug-likeness (QED) is 0.725. The molecule has 0 amide bonds. The fourth-order valence-corrected chi connectivity index (χ4v) is 5.38. The van der Waals surface area contributed by atoms with Gasteiger partial charge >= 0.3 is 0 Å². The van der Waals surface area contributed by atoms with E-state index in [1.165, 1.54) is 28.3 Å². The van der Waals surface area contributed by atoms with Crippen LogP contribution in [0.2, 0.25) is 0 Å². The maximum atomic E-state index is 14.0. The predicted molar refractivity (Wildman–Crippen MR) is 105 cm³/mol. The molecule has 0 radical (unpaired) electrons. The van der Waals surface area contributed by atoms with Gasteiger partial charge in [0.05, 0.1) is 10.9 Å². The van der Waals surface area contributed by atoms with Crippen LogP contribution in [0.4, 0.5) is 4.39 Å². The van der Waals surface area contributed by atoms with Crippen molar-refractivity contribution >= 4 is 16.3 Å². The van der Waals surface area contributed by atoms with Crippen molar-refractivity contribution in [2.75, 3.05) is 13.1 Å². The highest BCUT2D eigenvalue weighted by Gasteiger charge is 2.33. The Labute approximate surface area is 162 Å². The maximum Gasteiger partial charge on any atom is 0.230 e. The van der Waals surface area contributed by atoms with Crippen LogP contribution < -0.4 is 0 Å². The van der Waals surface area contributed by atoms with Crippen LogP contribution >= 0.6 is 11.3 Å². The second kappa shape index (κ2) is 7.20. The van der Waals surface area contributed by atoms with Crippen LogP contribution in [0.15, 0.2) is 24.3 Å². The molecule has 1 aromatic carbocycles. The molecule has 1 saturated heterocycles. The summed E-state index contributed by atoms with van der Waals surface area (Å²) >= 11 is 1.44. The van der Waals surface area contributed by atoms with Gasteiger partial charge in [0.1, 0.15) is 5.82 Å². The van der Waals surface area contributed by atoms with Crippen molar-refractivity contribution in [2.45, 2.75) is 39.7 Å². The lowest BCUT2D eigenvalue weighted by atomic mass is 9.89. The Bertz CT molecular complexity index is 943. The second-order valence-electron chi connectivity index (χ2n) is 7.72. The first-order valence-corrected chi connectivity index (χ1v) is 10.3. The number of halogens is 1. The number of hydrogen-bond acceptors (Lipinski definition) is 5. The lowest BCUT2D eigenvalue weighted by Crippen LogP contribution is -2.41. The largest absolute Gasteiger partial charge is 0.492 e. The van der Waals surface area contributed by atoms with E-state index in [0.29, 0.717) is 22.6 Å². The smallest absolute Gasteiger partial charge is 0.230 e. The van der Waals surface area contributed by atoms with Crippen LogP contribution in [0.5, 0.6) is 5.88 Å². The van der Waals surface area contributed by atoms with Gasteiger partial charge in [-0.15, -0.1) is 5.10 Å². The number of hydrogen-bond donors (Lipinski definition) is 1. The Kier molecular flexibility index (Phi) is 4.90. The molecule has 0 spiro atoms. The van der Waals surface area contributed by atoms with Crippen molar-refractivity contribution in [3.05, 3.63) is 46.3 Å². The summed E-state index contributed by atoms with van der Waals surface area (Å²) in [5.74, 6) is 1.68. The van der Waals surface area contributed by atoms with Crippen molar-refractivity contribution in [3.63, 3.8) is 0 Å². The zero-order chi connectivity index (χ0) is 19.1. The molecule has 1 aliphatic rings. The van der Waals surface area contributed by atoms with Crippen LogP contribution in [0.25, 0.3) is 4.96 Å². The SMILES string of the molecule is CCc1nc2sc([C@H](c3cccc(F)c3)N3C[C@@H](C)C[C@H](C)C3)c(O)n2n1. The van der Waals surface area contributed by atoms with E-state index in [4.69, 9.17) is 0 Å². The molecule has 1 aliphatic heterocycles. The van der Waals surface area contributed by atoms with Gasteiger partial charge in [-0.05, 0) is 36.0 Å². The third-order valence-electron chi connectivity index (χ3n) is 5.23. The Morgan fingerprint density at radius 3 is 2.67 bits per heavy atom. The van der Waals surface area contributed by atoms with E-state index in [-0.39, 0.29) is 17.7 Å². The first-order chi connectivity index (χ1) is 13.0. The molecule has 3 heterocycles. The molecule has 0 aliphatic carbocycles. The molecule has 7 heteroatoms. The van der Waals surface area contributed by atoms with Crippen molar-refractivity contribution in [1.82, 2.24) is 19.5 Å². The number of fused-ring (bicyclic) bond motifs is 1. The summed E-state index contributed by atoms with van der Waals surface area (Å²) in [7, 11) is 0. The van der Waals surface area contributed by atoms with E-state index in [1.54, 1.807) is 12.1 Å². The summed E-state index contributed by atoms with van der Waals surface area (Å²) in [6.07, 6.45) is 1.91. The predicted octanol–water partition coefficient (Wildman–Crippen LogP) is 4.27. The highest BCUT2D eigenvalue weighted by Crippen LogP contribution is 2.42. The minimum atomic E-state index is -0.261. The average Bonchev–Trinajstić information content (AvgIpc) is 3.14. The van der Waals surface area contributed by atoms with E-state index in [9.17, 15) is 9.50 Å². The number of likely N-dealkylation sites (tertiary alicyclic amines) is 1. The normalized spacial score (nSPS) is 22.4. The molecule has 0 bridgehead atoms. The number of aryl methyl sites for hydroxylation is 1. The van der Waals surface area contributed by atoms with Gasteiger partial charge in [-0.2, -0.15) is 4.52 Å². The minimum Gasteiger partial charge on any atom is -0.492 e. The van der Waals surface area contributed by atoms with Gasteiger partial charge < -0.3 is 5.11 Å². The van der Waals surface area contributed by atoms with Gasteiger partial charge in [0.2, 0.25) is 10.8 Å². The van der Waals surface area contributed by atoms with Crippen LogP contribution in [0, 0.1) is 17.7 Å². The summed E-state index contributed by atoms with van der Waals surface area (Å²) in [6.45, 7) is 8.32. The van der Waals surface area contributed by atoms with Gasteiger partial charge in [-0.3, -0.25) is 4.90 Å². The fraction of sp³-hybridized carbons (Fsp3) is 0.500. The van der Waals surface area contributed by atoms with Gasteiger partial charge in [0, 0.05) is 19.5 Å². The molecule has 5 nitrogen and oxygen atoms in total. The molecule has 4 rings (SSSR count). The Morgan fingerprint density at radius 1 is 1.30 bits per heavy atom. The van der Waals surface area contributed by atoms with Crippen LogP contribution in [0.1, 0.15) is 49.5 Å². The maximum absolute atomic E-state index is 14.0. The molecule has 1 fully saturated rings. The molecule has 27 heavy (non-hydrogen) atoms. The summed E-state index contributed by atoms with van der Waals surface area (Å²) in [5.41, 5.74) is 0.854. The van der Waals surface area contributed by atoms with Crippen molar-refractivity contribution in [3.8, 4) is 5.88 Å². The van der Waals surface area contributed by atoms with Crippen LogP contribution in [-0.2, 0) is 6.42 Å². The standard InChI is InChI=1S/C20H25FN4OS/c1-4-16-22-20-25(23-16)19(26)18(27-20)17(14-6-5-7-15(21)9-14)24-10-12(2)8-13(3)11-24/h5-7,9,12-13,17,26H,4,8,10-11H2,1-3H3/t12-,13-,17-/m0/s1. The molecule has 0 saturated carbocycles. The van der Waals surface area contributed by atoms with Gasteiger partial charge in [0.15, 0.2) is 5.82 Å². The lowest BCUT2D eigenvalue weighted by molar-refractivity contribution is 0.111. The number of piperidine rings is 1. The first-order valence-electron chi connectivity index (χ1n) is 9.53. The summed E-state index contributed by atoms with van der Waals surface area (Å²) in [5, 5.41) is 15.3. The fourth-order valence-electron chi connectivity index (χ4n) is 4.25. The minimum absolute atomic E-state index is 0.113. The topological polar surface area (TPSA) is 53.7 Å². The van der Waals surface area contributed by atoms with Crippen LogP contribution in [0.3, 0.4) is 0 Å². The highest BCUT2D eigenvalue weighted by atomic mass is 32.1. The highest BCUT2D eigenvalue weighted by molar-refractivity contribution is 7.17. The molecular formula is C20H25FN4OS. The lowest BCUT2D eigenvalue weighted by Gasteiger charge is -2.40. The van der Waals surface area contributed by atoms with E-state index in [0.717, 1.165) is 30.0 Å². The third-order valence-corrected chi connectivity index (χ3v) is 6.31. The molecule has 0 unspecified atom stereocenters. The first kappa shape index (κ1) is 18.4. The Morgan fingerprint density at radius 2 is 2.04 bits per heavy atom. The van der Waals surface area contributed by atoms with Gasteiger partial charge in [-0.25, -0.2) is 9.37 Å². The van der Waals surface area contributed by atoms with Crippen molar-refractivity contribution in [1.29, 1.82) is 0 Å². The zero-order valence-corrected chi connectivity index (χ0v) is 16.7. The molecule has 144 valence electrons. The van der Waals surface area contributed by atoms with Gasteiger partial charge in [0.25, 0.3) is 0 Å². The van der Waals surface area contributed by atoms with Crippen molar-refractivity contribution < 1.29 is 9.50 Å². The average molecular weight is 389 g/mol. The second-order valence-corrected chi connectivity index (χ2v) is 8.73. The van der Waals surface area contributed by atoms with E-state index >= 15 is 0 Å². The summed E-state index contributed by atoms with van der Waals surface area (Å²) in [6, 6.07) is 6.49. The van der Waals surface area contributed by atoms with E-state index in [2.05, 4.69) is 28.8 Å². The third kappa shape index (κ3) is 3.46. The van der Waals surface area contributed by atoms with E-state index < -0.39 is 0 Å². The summed E-state index contributed by atoms with van der Waals surface area (Å²) in [4.78, 5) is 8.32. The number of thiazole rings is 1. The van der Waals surface area contributed by atoms with Crippen molar-refractivity contribution in [2.24, 2.45) is 11.8 Å². The van der Waals surface area contributed by atoms with E-state index in [1.807, 2.05) is 13.0 Å². The summed E-state index contributed by atoms with van der Waals surface area (Å²) < 4.78 is 15.5. The number of aromatic hydroxyl groups is 1. The Hall–Kier alpha value is -1.99. The number of rotatable bonds is 4. The molecular weight excluding hydrogens is 363 g/mol. The molecule has 2 aromatic heterocycles. The number of nitrogens with zero attached hydrogens (tertiary/aromatic N) is 4. The Balaban J connectivity index is 1.82. The monoisotopic (exact) mass is 388 g/mol. The molecule has 3 atom stereocenters. The molecule has 1 N–H and O–H groups in total. The van der Waals surface area contributed by atoms with Crippen LogP contribution in [-0.4, -0.2) is 37.7 Å².